The monoisotopic (exact) mass is 746 g/mol. The van der Waals surface area contributed by atoms with Crippen LogP contribution in [-0.2, 0) is 25.7 Å². The smallest absolute Gasteiger partial charge is 0.0645 e. The van der Waals surface area contributed by atoms with E-state index in [1.165, 1.54) is 122 Å². The fourth-order valence-corrected chi connectivity index (χ4v) is 10.6. The van der Waals surface area contributed by atoms with Gasteiger partial charge in [0.25, 0.3) is 0 Å². The second-order valence-corrected chi connectivity index (χ2v) is 16.8. The summed E-state index contributed by atoms with van der Waals surface area (Å²) in [5, 5.41) is 5.30. The molecule has 10 aromatic rings. The van der Waals surface area contributed by atoms with Crippen molar-refractivity contribution in [3.63, 3.8) is 0 Å². The van der Waals surface area contributed by atoms with E-state index in [9.17, 15) is 0 Å². The summed E-state index contributed by atoms with van der Waals surface area (Å²) in [4.78, 5) is 9.26. The Labute approximate surface area is 338 Å². The molecule has 0 radical (unpaired) electrons. The number of pyridine rings is 2. The van der Waals surface area contributed by atoms with Gasteiger partial charge in [0.2, 0.25) is 0 Å². The molecule has 4 aromatic heterocycles. The first-order valence-corrected chi connectivity index (χ1v) is 20.6. The van der Waals surface area contributed by atoms with E-state index in [-0.39, 0.29) is 0 Å². The molecular formula is C54H42N4. The molecule has 12 rings (SSSR count). The summed E-state index contributed by atoms with van der Waals surface area (Å²) in [7, 11) is 0. The summed E-state index contributed by atoms with van der Waals surface area (Å²) in [5.41, 5.74) is 26.4. The molecule has 0 fully saturated rings. The standard InChI is InChI=1S/C54H42N4/c1-31-9-11-33(3)43(23-31)35-15-19-49-45(25-35)47-27-37-13-14-38-28-48-46-26-36(44-24-32(2)10-12-34(44)4)16-20-50(46)58(40-8-6-22-56-30-40)54(48)42-18-17-41(51(37)52(38)42)53(47)57(49)39-7-5-21-55-29-39/h5-12,15-16,19-30H,13-14,17-18H2,1-4H3. The van der Waals surface area contributed by atoms with E-state index in [1.807, 2.05) is 24.8 Å². The number of hydrogen-bond acceptors (Lipinski definition) is 2. The molecule has 58 heavy (non-hydrogen) atoms. The van der Waals surface area contributed by atoms with Crippen LogP contribution >= 0.6 is 0 Å². The van der Waals surface area contributed by atoms with Gasteiger partial charge in [-0.2, -0.15) is 0 Å². The van der Waals surface area contributed by atoms with Crippen molar-refractivity contribution >= 4 is 43.6 Å². The Morgan fingerprint density at radius 2 is 0.914 bits per heavy atom. The van der Waals surface area contributed by atoms with Crippen LogP contribution in [0.3, 0.4) is 0 Å². The average Bonchev–Trinajstić information content (AvgIpc) is 3.77. The molecule has 4 heteroatoms. The Balaban J connectivity index is 1.16. The predicted octanol–water partition coefficient (Wildman–Crippen LogP) is 13.1. The van der Waals surface area contributed by atoms with Crippen LogP contribution in [0.2, 0.25) is 0 Å². The van der Waals surface area contributed by atoms with Gasteiger partial charge in [0, 0.05) is 33.9 Å². The third-order valence-corrected chi connectivity index (χ3v) is 13.2. The average molecular weight is 747 g/mol. The van der Waals surface area contributed by atoms with Crippen molar-refractivity contribution in [1.29, 1.82) is 0 Å². The maximum absolute atomic E-state index is 4.63. The van der Waals surface area contributed by atoms with Crippen LogP contribution in [0.4, 0.5) is 0 Å². The lowest BCUT2D eigenvalue weighted by Crippen LogP contribution is -2.16. The quantitative estimate of drug-likeness (QED) is 0.180. The summed E-state index contributed by atoms with van der Waals surface area (Å²) in [5.74, 6) is 0. The molecule has 4 heterocycles. The van der Waals surface area contributed by atoms with Gasteiger partial charge in [-0.1, -0.05) is 59.7 Å². The molecule has 278 valence electrons. The predicted molar refractivity (Wildman–Crippen MR) is 241 cm³/mol. The lowest BCUT2D eigenvalue weighted by molar-refractivity contribution is 0.883. The van der Waals surface area contributed by atoms with Crippen LogP contribution in [0, 0.1) is 27.7 Å². The van der Waals surface area contributed by atoms with Gasteiger partial charge in [-0.3, -0.25) is 9.97 Å². The number of benzene rings is 6. The van der Waals surface area contributed by atoms with Crippen molar-refractivity contribution in [3.05, 3.63) is 178 Å². The molecule has 0 atom stereocenters. The minimum absolute atomic E-state index is 0.966. The maximum atomic E-state index is 4.63. The fraction of sp³-hybridized carbons (Fsp3) is 0.148. The zero-order valence-electron chi connectivity index (χ0n) is 33.3. The van der Waals surface area contributed by atoms with E-state index in [4.69, 9.17) is 0 Å². The number of hydrogen-bond donors (Lipinski definition) is 0. The fourth-order valence-electron chi connectivity index (χ4n) is 10.6. The van der Waals surface area contributed by atoms with Gasteiger partial charge in [0.05, 0.1) is 45.8 Å². The summed E-state index contributed by atoms with van der Waals surface area (Å²) < 4.78 is 5.00. The first-order chi connectivity index (χ1) is 28.4. The number of aromatic nitrogens is 4. The first kappa shape index (κ1) is 33.4. The Morgan fingerprint density at radius 3 is 1.34 bits per heavy atom. The van der Waals surface area contributed by atoms with Crippen LogP contribution in [0.25, 0.3) is 88.4 Å². The van der Waals surface area contributed by atoms with Gasteiger partial charge in [-0.05, 0) is 181 Å². The molecule has 0 aliphatic heterocycles. The topological polar surface area (TPSA) is 35.6 Å². The molecular weight excluding hydrogens is 705 g/mol. The molecule has 0 unspecified atom stereocenters. The summed E-state index contributed by atoms with van der Waals surface area (Å²) in [6, 6.07) is 41.4. The second kappa shape index (κ2) is 12.4. The van der Waals surface area contributed by atoms with Crippen molar-refractivity contribution in [3.8, 4) is 44.8 Å². The number of rotatable bonds is 4. The molecule has 0 saturated carbocycles. The Morgan fingerprint density at radius 1 is 0.448 bits per heavy atom. The zero-order chi connectivity index (χ0) is 38.8. The van der Waals surface area contributed by atoms with Gasteiger partial charge < -0.3 is 9.13 Å². The SMILES string of the molecule is Cc1ccc(C)c(-c2ccc3c(c2)c2cc4c5c(c2n3-c2cccnc2)CCc2c-5c(cc3c5cc(-c6cc(C)ccc6C)ccc5n(-c5cccnc5)c23)CC4)c1. The van der Waals surface area contributed by atoms with E-state index >= 15 is 0 Å². The van der Waals surface area contributed by atoms with Crippen LogP contribution < -0.4 is 0 Å². The molecule has 0 amide bonds. The van der Waals surface area contributed by atoms with Gasteiger partial charge >= 0.3 is 0 Å². The molecule has 2 aliphatic carbocycles. The molecule has 0 spiro atoms. The highest BCUT2D eigenvalue weighted by molar-refractivity contribution is 6.17. The van der Waals surface area contributed by atoms with Crippen LogP contribution in [0.15, 0.2) is 134 Å². The van der Waals surface area contributed by atoms with Crippen molar-refractivity contribution in [1.82, 2.24) is 19.1 Å². The van der Waals surface area contributed by atoms with Crippen molar-refractivity contribution in [2.24, 2.45) is 0 Å². The van der Waals surface area contributed by atoms with E-state index < -0.39 is 0 Å². The van der Waals surface area contributed by atoms with Crippen molar-refractivity contribution in [2.45, 2.75) is 53.4 Å². The normalized spacial score (nSPS) is 13.2. The van der Waals surface area contributed by atoms with Gasteiger partial charge in [0.15, 0.2) is 0 Å². The van der Waals surface area contributed by atoms with E-state index in [1.54, 1.807) is 0 Å². The van der Waals surface area contributed by atoms with E-state index in [2.05, 4.69) is 156 Å². The third-order valence-electron chi connectivity index (χ3n) is 13.2. The third kappa shape index (κ3) is 4.75. The Bertz CT molecular complexity index is 3140. The molecule has 0 saturated heterocycles. The molecule has 2 aliphatic rings. The van der Waals surface area contributed by atoms with Gasteiger partial charge in [0.1, 0.15) is 0 Å². The highest BCUT2D eigenvalue weighted by Crippen LogP contribution is 2.51. The number of aryl methyl sites for hydroxylation is 8. The summed E-state index contributed by atoms with van der Waals surface area (Å²) >= 11 is 0. The van der Waals surface area contributed by atoms with E-state index in [0.717, 1.165) is 37.1 Å². The van der Waals surface area contributed by atoms with Crippen molar-refractivity contribution < 1.29 is 0 Å². The Kier molecular flexibility index (Phi) is 7.11. The zero-order valence-corrected chi connectivity index (χ0v) is 33.3. The molecule has 0 N–H and O–H groups in total. The highest BCUT2D eigenvalue weighted by atomic mass is 15.0. The van der Waals surface area contributed by atoms with Crippen molar-refractivity contribution in [2.75, 3.05) is 0 Å². The van der Waals surface area contributed by atoms with Crippen LogP contribution in [0.5, 0.6) is 0 Å². The minimum Gasteiger partial charge on any atom is -0.307 e. The van der Waals surface area contributed by atoms with Gasteiger partial charge in [-0.25, -0.2) is 0 Å². The first-order valence-electron chi connectivity index (χ1n) is 20.6. The lowest BCUT2D eigenvalue weighted by Gasteiger charge is -2.31. The lowest BCUT2D eigenvalue weighted by atomic mass is 9.74. The Hall–Kier alpha value is -6.78. The maximum Gasteiger partial charge on any atom is 0.0645 e. The highest BCUT2D eigenvalue weighted by Gasteiger charge is 2.33. The minimum atomic E-state index is 0.966. The number of nitrogens with zero attached hydrogens (tertiary/aromatic N) is 4. The molecule has 0 bridgehead atoms. The van der Waals surface area contributed by atoms with Crippen LogP contribution in [0.1, 0.15) is 44.5 Å². The second-order valence-electron chi connectivity index (χ2n) is 16.8. The van der Waals surface area contributed by atoms with E-state index in [0.29, 0.717) is 0 Å². The number of fused-ring (bicyclic) bond motifs is 8. The molecule has 4 nitrogen and oxygen atoms in total. The molecule has 6 aromatic carbocycles. The largest absolute Gasteiger partial charge is 0.307 e. The van der Waals surface area contributed by atoms with Crippen LogP contribution in [-0.4, -0.2) is 19.1 Å². The summed E-state index contributed by atoms with van der Waals surface area (Å²) in [6.45, 7) is 8.82. The summed E-state index contributed by atoms with van der Waals surface area (Å²) in [6.07, 6.45) is 11.8. The van der Waals surface area contributed by atoms with Gasteiger partial charge in [-0.15, -0.1) is 0 Å².